The van der Waals surface area contributed by atoms with Crippen molar-refractivity contribution in [3.8, 4) is 0 Å². The van der Waals surface area contributed by atoms with Crippen LogP contribution in [-0.2, 0) is 32.7 Å². The molecule has 0 amide bonds. The van der Waals surface area contributed by atoms with Crippen molar-refractivity contribution in [2.75, 3.05) is 26.4 Å². The third kappa shape index (κ3) is 51.4. The molecule has 0 spiro atoms. The molecule has 0 aromatic rings. The van der Waals surface area contributed by atoms with Gasteiger partial charge in [-0.05, 0) is 83.5 Å². The first kappa shape index (κ1) is 64.7. The molecular weight excluding hydrogens is 862 g/mol. The maximum absolute atomic E-state index is 12.7. The van der Waals surface area contributed by atoms with Crippen molar-refractivity contribution in [2.45, 2.75) is 257 Å². The van der Waals surface area contributed by atoms with Gasteiger partial charge in [-0.25, -0.2) is 4.57 Å². The summed E-state index contributed by atoms with van der Waals surface area (Å²) in [6.07, 6.45) is 64.2. The molecular formula is C56H102NO9P. The van der Waals surface area contributed by atoms with Crippen molar-refractivity contribution in [2.24, 2.45) is 5.73 Å². The van der Waals surface area contributed by atoms with Gasteiger partial charge in [0.25, 0.3) is 0 Å². The zero-order valence-electron chi connectivity index (χ0n) is 43.0. The monoisotopic (exact) mass is 964 g/mol. The van der Waals surface area contributed by atoms with Gasteiger partial charge in [0.05, 0.1) is 19.8 Å². The molecule has 0 heterocycles. The predicted octanol–water partition coefficient (Wildman–Crippen LogP) is 16.3. The molecule has 0 aliphatic heterocycles. The third-order valence-electron chi connectivity index (χ3n) is 11.8. The first-order valence-corrected chi connectivity index (χ1v) is 28.8. The van der Waals surface area contributed by atoms with Gasteiger partial charge < -0.3 is 25.2 Å². The number of carboxylic acids is 1. The van der Waals surface area contributed by atoms with E-state index in [0.717, 1.165) is 77.0 Å². The lowest BCUT2D eigenvalue weighted by Gasteiger charge is -2.20. The first-order valence-electron chi connectivity index (χ1n) is 27.3. The Morgan fingerprint density at radius 1 is 0.478 bits per heavy atom. The van der Waals surface area contributed by atoms with Crippen molar-refractivity contribution in [3.05, 3.63) is 60.8 Å². The number of aliphatic carboxylic acids is 1. The molecule has 67 heavy (non-hydrogen) atoms. The minimum Gasteiger partial charge on any atom is -0.480 e. The maximum Gasteiger partial charge on any atom is 0.472 e. The van der Waals surface area contributed by atoms with Crippen LogP contribution in [0, 0.1) is 0 Å². The summed E-state index contributed by atoms with van der Waals surface area (Å²) in [7, 11) is -4.63. The average molecular weight is 964 g/mol. The minimum absolute atomic E-state index is 0.00935. The molecule has 0 radical (unpaired) electrons. The van der Waals surface area contributed by atoms with Gasteiger partial charge in [0.15, 0.2) is 0 Å². The lowest BCUT2D eigenvalue weighted by Crippen LogP contribution is -2.34. The van der Waals surface area contributed by atoms with Crippen molar-refractivity contribution < 1.29 is 42.7 Å². The number of carbonyl (C=O) groups is 2. The summed E-state index contributed by atoms with van der Waals surface area (Å²) in [6.45, 7) is 3.87. The summed E-state index contributed by atoms with van der Waals surface area (Å²) in [5, 5.41) is 8.94. The van der Waals surface area contributed by atoms with Crippen LogP contribution in [0.15, 0.2) is 60.8 Å². The lowest BCUT2D eigenvalue weighted by molar-refractivity contribution is -0.154. The zero-order chi connectivity index (χ0) is 49.0. The Balaban J connectivity index is 4.13. The van der Waals surface area contributed by atoms with E-state index in [0.29, 0.717) is 13.0 Å². The highest BCUT2D eigenvalue weighted by atomic mass is 31.2. The average Bonchev–Trinajstić information content (AvgIpc) is 3.31. The topological polar surface area (TPSA) is 155 Å². The van der Waals surface area contributed by atoms with Gasteiger partial charge in [0, 0.05) is 13.0 Å². The highest BCUT2D eigenvalue weighted by Crippen LogP contribution is 2.43. The van der Waals surface area contributed by atoms with Gasteiger partial charge in [0.2, 0.25) is 0 Å². The van der Waals surface area contributed by atoms with Crippen LogP contribution in [-0.4, -0.2) is 60.5 Å². The van der Waals surface area contributed by atoms with Gasteiger partial charge in [0.1, 0.15) is 12.1 Å². The smallest absolute Gasteiger partial charge is 0.472 e. The number of nitrogens with two attached hydrogens (primary N) is 1. The number of unbranched alkanes of at least 4 members (excludes halogenated alkanes) is 28. The fraction of sp³-hybridized carbons (Fsp3) is 0.786. The molecule has 390 valence electrons. The molecule has 0 aliphatic carbocycles. The summed E-state index contributed by atoms with van der Waals surface area (Å²) in [4.78, 5) is 33.7. The molecule has 0 aromatic heterocycles. The number of phosphoric acid groups is 1. The van der Waals surface area contributed by atoms with E-state index in [9.17, 15) is 19.0 Å². The first-order chi connectivity index (χ1) is 32.7. The van der Waals surface area contributed by atoms with E-state index in [1.807, 2.05) is 0 Å². The molecule has 11 heteroatoms. The van der Waals surface area contributed by atoms with E-state index in [1.165, 1.54) is 141 Å². The summed E-state index contributed by atoms with van der Waals surface area (Å²) in [5.74, 6) is -1.79. The van der Waals surface area contributed by atoms with Gasteiger partial charge in [-0.15, -0.1) is 0 Å². The van der Waals surface area contributed by atoms with Gasteiger partial charge in [-0.2, -0.15) is 0 Å². The summed E-state index contributed by atoms with van der Waals surface area (Å²) in [6, 6.07) is -1.48. The molecule has 3 unspecified atom stereocenters. The largest absolute Gasteiger partial charge is 0.480 e. The Bertz CT molecular complexity index is 1300. The van der Waals surface area contributed by atoms with Crippen LogP contribution in [0.2, 0.25) is 0 Å². The van der Waals surface area contributed by atoms with E-state index < -0.39 is 45.1 Å². The zero-order valence-corrected chi connectivity index (χ0v) is 43.9. The van der Waals surface area contributed by atoms with E-state index in [-0.39, 0.29) is 13.0 Å². The number of ether oxygens (including phenoxy) is 2. The van der Waals surface area contributed by atoms with Gasteiger partial charge >= 0.3 is 19.8 Å². The lowest BCUT2D eigenvalue weighted by atomic mass is 10.0. The molecule has 10 nitrogen and oxygen atoms in total. The number of carbonyl (C=O) groups excluding carboxylic acids is 1. The number of allylic oxidation sites excluding steroid dienone is 10. The SMILES string of the molecule is CCCCCCC/C=C\C/C=C\C/C=C\CCCCCCCCC(=O)OC(COCCCCCCCCCCCCCC/C=C\C/C=C\CCCCCCC)COP(=O)(O)OCC(N)C(=O)O. The normalized spacial score (nSPS) is 14.1. The second kappa shape index (κ2) is 51.5. The Morgan fingerprint density at radius 2 is 0.821 bits per heavy atom. The number of carboxylic acid groups (broad SMARTS) is 1. The molecule has 3 atom stereocenters. The van der Waals surface area contributed by atoms with Crippen LogP contribution in [0.25, 0.3) is 0 Å². The molecule has 0 bridgehead atoms. The number of hydrogen-bond donors (Lipinski definition) is 3. The van der Waals surface area contributed by atoms with E-state index in [1.54, 1.807) is 0 Å². The standard InChI is InChI=1S/C56H102NO9P/c1-3-5-7-9-11-13-15-17-19-21-23-25-26-27-29-31-33-35-37-39-41-43-45-47-49-63-50-53(51-64-67(61,62)65-52-54(57)56(59)60)66-55(58)48-46-44-42-40-38-36-34-32-30-28-24-22-20-18-16-14-12-10-8-6-4-2/h15-18,21-24,30,32,53-54H,3-14,19-20,25-29,31,33-52,57H2,1-2H3,(H,59,60)(H,61,62)/b17-15-,18-16-,23-21-,24-22-,32-30-. The minimum atomic E-state index is -4.63. The Morgan fingerprint density at radius 3 is 1.22 bits per heavy atom. The van der Waals surface area contributed by atoms with E-state index in [2.05, 4.69) is 74.6 Å². The van der Waals surface area contributed by atoms with Crippen molar-refractivity contribution in [3.63, 3.8) is 0 Å². The van der Waals surface area contributed by atoms with Crippen LogP contribution in [0.5, 0.6) is 0 Å². The van der Waals surface area contributed by atoms with Crippen LogP contribution in [0.1, 0.15) is 245 Å². The van der Waals surface area contributed by atoms with Crippen LogP contribution >= 0.6 is 7.82 Å². The van der Waals surface area contributed by atoms with Crippen LogP contribution < -0.4 is 5.73 Å². The third-order valence-corrected chi connectivity index (χ3v) is 12.7. The summed E-state index contributed by atoms with van der Waals surface area (Å²) < 4.78 is 33.6. The molecule has 0 aromatic carbocycles. The van der Waals surface area contributed by atoms with Crippen molar-refractivity contribution in [1.82, 2.24) is 0 Å². The number of esters is 1. The Labute approximate surface area is 411 Å². The van der Waals surface area contributed by atoms with Crippen LogP contribution in [0.4, 0.5) is 0 Å². The molecule has 0 fully saturated rings. The second-order valence-electron chi connectivity index (χ2n) is 18.4. The van der Waals surface area contributed by atoms with Gasteiger partial charge in [-0.1, -0.05) is 216 Å². The van der Waals surface area contributed by atoms with Crippen LogP contribution in [0.3, 0.4) is 0 Å². The Kier molecular flexibility index (Phi) is 49.7. The molecule has 4 N–H and O–H groups in total. The number of hydrogen-bond acceptors (Lipinski definition) is 8. The summed E-state index contributed by atoms with van der Waals surface area (Å²) in [5.41, 5.74) is 5.38. The van der Waals surface area contributed by atoms with Crippen molar-refractivity contribution in [1.29, 1.82) is 0 Å². The van der Waals surface area contributed by atoms with Crippen molar-refractivity contribution >= 4 is 19.8 Å². The molecule has 0 rings (SSSR count). The van der Waals surface area contributed by atoms with Gasteiger partial charge in [-0.3, -0.25) is 18.6 Å². The fourth-order valence-electron chi connectivity index (χ4n) is 7.52. The maximum atomic E-state index is 12.7. The molecule has 0 saturated carbocycles. The number of phosphoric ester groups is 1. The molecule has 0 aliphatic rings. The quantitative estimate of drug-likeness (QED) is 0.0232. The van der Waals surface area contributed by atoms with E-state index in [4.69, 9.17) is 29.4 Å². The predicted molar refractivity (Wildman–Crippen MR) is 281 cm³/mol. The Hall–Kier alpha value is -2.33. The summed E-state index contributed by atoms with van der Waals surface area (Å²) >= 11 is 0. The highest BCUT2D eigenvalue weighted by molar-refractivity contribution is 7.47. The van der Waals surface area contributed by atoms with E-state index >= 15 is 0 Å². The fourth-order valence-corrected chi connectivity index (χ4v) is 8.30. The second-order valence-corrected chi connectivity index (χ2v) is 19.8. The number of rotatable bonds is 52. The highest BCUT2D eigenvalue weighted by Gasteiger charge is 2.27. The molecule has 0 saturated heterocycles.